The summed E-state index contributed by atoms with van der Waals surface area (Å²) in [4.78, 5) is 15.8. The van der Waals surface area contributed by atoms with E-state index < -0.39 is 5.97 Å². The molecular weight excluding hydrogens is 286 g/mol. The number of carbonyl (C=O) groups is 1. The van der Waals surface area contributed by atoms with Crippen LogP contribution in [0.5, 0.6) is 0 Å². The number of esters is 1. The molecule has 4 nitrogen and oxygen atoms in total. The fourth-order valence-corrected chi connectivity index (χ4v) is 2.60. The van der Waals surface area contributed by atoms with Crippen molar-refractivity contribution in [2.75, 3.05) is 20.3 Å². The van der Waals surface area contributed by atoms with Gasteiger partial charge in [-0.25, -0.2) is 9.78 Å². The molecule has 2 heterocycles. The second-order valence-corrected chi connectivity index (χ2v) is 4.84. The second-order valence-electron chi connectivity index (χ2n) is 4.09. The number of rotatable bonds is 2. The minimum Gasteiger partial charge on any atom is -0.464 e. The molecule has 1 aromatic rings. The quantitative estimate of drug-likeness (QED) is 0.622. The molecule has 1 atom stereocenters. The molecule has 0 saturated carbocycles. The molecule has 17 heavy (non-hydrogen) atoms. The minimum atomic E-state index is -0.405. The van der Waals surface area contributed by atoms with E-state index in [1.54, 1.807) is 0 Å². The van der Waals surface area contributed by atoms with E-state index in [1.807, 2.05) is 13.0 Å². The average molecular weight is 300 g/mol. The van der Waals surface area contributed by atoms with Gasteiger partial charge in [0.05, 0.1) is 13.7 Å². The summed E-state index contributed by atoms with van der Waals surface area (Å²) in [7, 11) is 1.36. The Balaban J connectivity index is 2.37. The molecule has 0 bridgehead atoms. The largest absolute Gasteiger partial charge is 0.464 e. The van der Waals surface area contributed by atoms with E-state index in [4.69, 9.17) is 9.47 Å². The van der Waals surface area contributed by atoms with Crippen LogP contribution in [-0.4, -0.2) is 31.3 Å². The van der Waals surface area contributed by atoms with Gasteiger partial charge in [-0.15, -0.1) is 0 Å². The number of hydrogen-bond acceptors (Lipinski definition) is 4. The second kappa shape index (κ2) is 5.14. The molecule has 1 saturated heterocycles. The van der Waals surface area contributed by atoms with Crippen LogP contribution in [0.3, 0.4) is 0 Å². The number of aryl methyl sites for hydroxylation is 1. The van der Waals surface area contributed by atoms with Gasteiger partial charge in [0.2, 0.25) is 0 Å². The lowest BCUT2D eigenvalue weighted by molar-refractivity contribution is 0.0593. The SMILES string of the molecule is COC(=O)c1nc(Br)c(C2CCOC2)cc1C. The van der Waals surface area contributed by atoms with Crippen LogP contribution in [0.1, 0.15) is 34.0 Å². The fourth-order valence-electron chi connectivity index (χ4n) is 1.98. The third kappa shape index (κ3) is 2.50. The van der Waals surface area contributed by atoms with Gasteiger partial charge < -0.3 is 9.47 Å². The highest BCUT2D eigenvalue weighted by atomic mass is 79.9. The highest BCUT2D eigenvalue weighted by Crippen LogP contribution is 2.31. The number of hydrogen-bond donors (Lipinski definition) is 0. The van der Waals surface area contributed by atoms with E-state index >= 15 is 0 Å². The Bertz CT molecular complexity index is 442. The Morgan fingerprint density at radius 1 is 1.65 bits per heavy atom. The normalized spacial score (nSPS) is 19.4. The maximum Gasteiger partial charge on any atom is 0.356 e. The van der Waals surface area contributed by atoms with Gasteiger partial charge in [0, 0.05) is 12.5 Å². The summed E-state index contributed by atoms with van der Waals surface area (Å²) in [6.45, 7) is 3.37. The molecule has 1 aromatic heterocycles. The Morgan fingerprint density at radius 2 is 2.41 bits per heavy atom. The van der Waals surface area contributed by atoms with Crippen molar-refractivity contribution < 1.29 is 14.3 Å². The molecule has 2 rings (SSSR count). The zero-order valence-electron chi connectivity index (χ0n) is 9.83. The summed E-state index contributed by atoms with van der Waals surface area (Å²) in [5.41, 5.74) is 2.30. The summed E-state index contributed by atoms with van der Waals surface area (Å²) in [6.07, 6.45) is 0.997. The number of halogens is 1. The molecule has 1 aliphatic rings. The molecule has 0 N–H and O–H groups in total. The molecule has 0 aliphatic carbocycles. The lowest BCUT2D eigenvalue weighted by Gasteiger charge is -2.12. The molecule has 5 heteroatoms. The van der Waals surface area contributed by atoms with Gasteiger partial charge in [-0.1, -0.05) is 6.07 Å². The van der Waals surface area contributed by atoms with Gasteiger partial charge in [-0.3, -0.25) is 0 Å². The van der Waals surface area contributed by atoms with E-state index in [2.05, 4.69) is 20.9 Å². The lowest BCUT2D eigenvalue weighted by Crippen LogP contribution is -2.10. The molecule has 0 amide bonds. The highest BCUT2D eigenvalue weighted by Gasteiger charge is 2.23. The average Bonchev–Trinajstić information content (AvgIpc) is 2.84. The predicted molar refractivity (Wildman–Crippen MR) is 66.2 cm³/mol. The number of nitrogens with zero attached hydrogens (tertiary/aromatic N) is 1. The third-order valence-electron chi connectivity index (χ3n) is 2.94. The Kier molecular flexibility index (Phi) is 3.79. The van der Waals surface area contributed by atoms with Crippen molar-refractivity contribution >= 4 is 21.9 Å². The molecule has 92 valence electrons. The first-order valence-electron chi connectivity index (χ1n) is 5.46. The highest BCUT2D eigenvalue weighted by molar-refractivity contribution is 9.10. The molecular formula is C12H14BrNO3. The van der Waals surface area contributed by atoms with Crippen molar-refractivity contribution in [2.24, 2.45) is 0 Å². The summed E-state index contributed by atoms with van der Waals surface area (Å²) in [5.74, 6) is -0.0420. The number of ether oxygens (including phenoxy) is 2. The van der Waals surface area contributed by atoms with Gasteiger partial charge >= 0.3 is 5.97 Å². The first-order valence-corrected chi connectivity index (χ1v) is 6.26. The van der Waals surface area contributed by atoms with E-state index in [9.17, 15) is 4.79 Å². The topological polar surface area (TPSA) is 48.4 Å². The monoisotopic (exact) mass is 299 g/mol. The van der Waals surface area contributed by atoms with Crippen LogP contribution in [0.25, 0.3) is 0 Å². The van der Waals surface area contributed by atoms with Crippen molar-refractivity contribution in [3.8, 4) is 0 Å². The van der Waals surface area contributed by atoms with Crippen molar-refractivity contribution in [3.05, 3.63) is 27.5 Å². The van der Waals surface area contributed by atoms with Crippen molar-refractivity contribution in [1.82, 2.24) is 4.98 Å². The molecule has 1 fully saturated rings. The Hall–Kier alpha value is -0.940. The molecule has 0 radical (unpaired) electrons. The van der Waals surface area contributed by atoms with Gasteiger partial charge in [0.1, 0.15) is 4.60 Å². The van der Waals surface area contributed by atoms with Gasteiger partial charge in [0.25, 0.3) is 0 Å². The zero-order chi connectivity index (χ0) is 12.4. The Labute approximate surface area is 108 Å². The summed E-state index contributed by atoms with van der Waals surface area (Å²) in [6, 6.07) is 1.99. The zero-order valence-corrected chi connectivity index (χ0v) is 11.4. The minimum absolute atomic E-state index is 0.363. The van der Waals surface area contributed by atoms with E-state index in [1.165, 1.54) is 7.11 Å². The number of carbonyl (C=O) groups excluding carboxylic acids is 1. The molecule has 1 aliphatic heterocycles. The maximum absolute atomic E-state index is 11.5. The van der Waals surface area contributed by atoms with Crippen LogP contribution < -0.4 is 0 Å². The van der Waals surface area contributed by atoms with Crippen LogP contribution in [-0.2, 0) is 9.47 Å². The van der Waals surface area contributed by atoms with Crippen LogP contribution in [0.15, 0.2) is 10.7 Å². The van der Waals surface area contributed by atoms with Gasteiger partial charge in [0.15, 0.2) is 5.69 Å². The standard InChI is InChI=1S/C12H14BrNO3/c1-7-5-9(8-3-4-17-6-8)11(13)14-10(7)12(15)16-2/h5,8H,3-4,6H2,1-2H3. The summed E-state index contributed by atoms with van der Waals surface area (Å²) in [5, 5.41) is 0. The van der Waals surface area contributed by atoms with Gasteiger partial charge in [-0.05, 0) is 40.4 Å². The number of aromatic nitrogens is 1. The Morgan fingerprint density at radius 3 is 3.00 bits per heavy atom. The number of methoxy groups -OCH3 is 1. The predicted octanol–water partition coefficient (Wildman–Crippen LogP) is 2.44. The van der Waals surface area contributed by atoms with Crippen molar-refractivity contribution in [2.45, 2.75) is 19.3 Å². The van der Waals surface area contributed by atoms with Crippen LogP contribution in [0.4, 0.5) is 0 Å². The lowest BCUT2D eigenvalue weighted by atomic mass is 9.98. The smallest absolute Gasteiger partial charge is 0.356 e. The summed E-state index contributed by atoms with van der Waals surface area (Å²) >= 11 is 3.41. The van der Waals surface area contributed by atoms with E-state index in [-0.39, 0.29) is 0 Å². The number of pyridine rings is 1. The van der Waals surface area contributed by atoms with Crippen molar-refractivity contribution in [3.63, 3.8) is 0 Å². The van der Waals surface area contributed by atoms with Crippen LogP contribution in [0.2, 0.25) is 0 Å². The first-order chi connectivity index (χ1) is 8.13. The maximum atomic E-state index is 11.5. The van der Waals surface area contributed by atoms with Crippen LogP contribution in [0, 0.1) is 6.92 Å². The van der Waals surface area contributed by atoms with Crippen molar-refractivity contribution in [1.29, 1.82) is 0 Å². The molecule has 0 aromatic carbocycles. The van der Waals surface area contributed by atoms with E-state index in [0.717, 1.165) is 30.8 Å². The fraction of sp³-hybridized carbons (Fsp3) is 0.500. The van der Waals surface area contributed by atoms with Crippen LogP contribution >= 0.6 is 15.9 Å². The molecule has 0 spiro atoms. The third-order valence-corrected chi connectivity index (χ3v) is 3.58. The van der Waals surface area contributed by atoms with Gasteiger partial charge in [-0.2, -0.15) is 0 Å². The molecule has 1 unspecified atom stereocenters. The first kappa shape index (κ1) is 12.5. The van der Waals surface area contributed by atoms with E-state index in [0.29, 0.717) is 16.2 Å². The summed E-state index contributed by atoms with van der Waals surface area (Å²) < 4.78 is 10.8.